The molecule has 2 aromatic rings. The summed E-state index contributed by atoms with van der Waals surface area (Å²) < 4.78 is 44.5. The summed E-state index contributed by atoms with van der Waals surface area (Å²) in [4.78, 5) is 39.0. The van der Waals surface area contributed by atoms with Gasteiger partial charge in [0.15, 0.2) is 0 Å². The topological polar surface area (TPSA) is 91.0 Å². The Kier molecular flexibility index (Phi) is 8.12. The maximum atomic E-state index is 14.8. The fraction of sp³-hybridized carbons (Fsp3) is 0.286. The highest BCUT2D eigenvalue weighted by molar-refractivity contribution is 6.30. The van der Waals surface area contributed by atoms with Crippen LogP contribution < -0.4 is 15.8 Å². The zero-order valence-electron chi connectivity index (χ0n) is 17.2. The van der Waals surface area contributed by atoms with Gasteiger partial charge in [-0.15, -0.1) is 0 Å². The molecule has 0 bridgehead atoms. The van der Waals surface area contributed by atoms with Crippen molar-refractivity contribution in [2.24, 2.45) is 0 Å². The summed E-state index contributed by atoms with van der Waals surface area (Å²) in [7, 11) is 0. The van der Waals surface area contributed by atoms with E-state index in [2.05, 4.69) is 0 Å². The number of halogens is 4. The second-order valence-corrected chi connectivity index (χ2v) is 7.43. The lowest BCUT2D eigenvalue weighted by Gasteiger charge is -2.33. The molecule has 1 heterocycles. The minimum Gasteiger partial charge on any atom is -0.378 e. The molecule has 8 nitrogen and oxygen atoms in total. The van der Waals surface area contributed by atoms with Crippen molar-refractivity contribution in [3.63, 3.8) is 0 Å². The van der Waals surface area contributed by atoms with Crippen LogP contribution >= 0.6 is 11.6 Å². The highest BCUT2D eigenvalue weighted by atomic mass is 35.5. The summed E-state index contributed by atoms with van der Waals surface area (Å²) in [6.07, 6.45) is -3.31. The molecule has 1 fully saturated rings. The SMILES string of the molecule is O=C(NNC(=O)C(F)F)c1ccc(CN(C(=O)N2CCOCC2)c2cccc(Cl)c2)c(F)c1. The molecule has 1 aliphatic heterocycles. The molecule has 176 valence electrons. The van der Waals surface area contributed by atoms with Crippen molar-refractivity contribution in [1.29, 1.82) is 0 Å². The van der Waals surface area contributed by atoms with Crippen molar-refractivity contribution in [2.75, 3.05) is 31.2 Å². The quantitative estimate of drug-likeness (QED) is 0.638. The number of hydrogen-bond acceptors (Lipinski definition) is 4. The Hall–Kier alpha value is -3.31. The maximum absolute atomic E-state index is 14.8. The second-order valence-electron chi connectivity index (χ2n) is 7.00. The third kappa shape index (κ3) is 6.36. The molecular weight excluding hydrogens is 465 g/mol. The summed E-state index contributed by atoms with van der Waals surface area (Å²) in [5.41, 5.74) is 3.66. The van der Waals surface area contributed by atoms with Gasteiger partial charge in [-0.3, -0.25) is 25.3 Å². The largest absolute Gasteiger partial charge is 0.378 e. The van der Waals surface area contributed by atoms with Crippen LogP contribution in [0.1, 0.15) is 15.9 Å². The van der Waals surface area contributed by atoms with Gasteiger partial charge < -0.3 is 9.64 Å². The third-order valence-corrected chi connectivity index (χ3v) is 5.01. The molecule has 12 heteroatoms. The summed E-state index contributed by atoms with van der Waals surface area (Å²) in [6, 6.07) is 9.60. The number of nitrogens with zero attached hydrogens (tertiary/aromatic N) is 2. The lowest BCUT2D eigenvalue weighted by atomic mass is 10.1. The summed E-state index contributed by atoms with van der Waals surface area (Å²) in [5.74, 6) is -3.48. The predicted octanol–water partition coefficient (Wildman–Crippen LogP) is 2.96. The van der Waals surface area contributed by atoms with E-state index >= 15 is 0 Å². The van der Waals surface area contributed by atoms with Crippen molar-refractivity contribution >= 4 is 35.1 Å². The van der Waals surface area contributed by atoms with Crippen LogP contribution in [0.25, 0.3) is 0 Å². The molecule has 1 saturated heterocycles. The van der Waals surface area contributed by atoms with Gasteiger partial charge in [-0.1, -0.05) is 23.7 Å². The van der Waals surface area contributed by atoms with Crippen LogP contribution in [0.15, 0.2) is 42.5 Å². The van der Waals surface area contributed by atoms with Crippen molar-refractivity contribution in [3.05, 3.63) is 64.4 Å². The molecule has 0 saturated carbocycles. The minimum atomic E-state index is -3.31. The lowest BCUT2D eigenvalue weighted by molar-refractivity contribution is -0.132. The van der Waals surface area contributed by atoms with Crippen LogP contribution in [-0.2, 0) is 16.1 Å². The number of urea groups is 1. The average molecular weight is 485 g/mol. The number of carbonyl (C=O) groups excluding carboxylic acids is 3. The molecule has 4 amide bonds. The van der Waals surface area contributed by atoms with Gasteiger partial charge in [-0.05, 0) is 30.3 Å². The van der Waals surface area contributed by atoms with Gasteiger partial charge >= 0.3 is 18.4 Å². The number of rotatable bonds is 5. The Labute approximate surface area is 192 Å². The smallest absolute Gasteiger partial charge is 0.324 e. The average Bonchev–Trinajstić information content (AvgIpc) is 2.81. The van der Waals surface area contributed by atoms with Gasteiger partial charge in [0, 0.05) is 34.9 Å². The molecule has 0 aromatic heterocycles. The number of ether oxygens (including phenoxy) is 1. The molecule has 3 rings (SSSR count). The zero-order chi connectivity index (χ0) is 24.0. The lowest BCUT2D eigenvalue weighted by Crippen LogP contribution is -2.48. The number of hydrazine groups is 1. The van der Waals surface area contributed by atoms with Gasteiger partial charge in [0.2, 0.25) is 0 Å². The number of amides is 4. The third-order valence-electron chi connectivity index (χ3n) is 4.77. The predicted molar refractivity (Wildman–Crippen MR) is 113 cm³/mol. The van der Waals surface area contributed by atoms with Crippen molar-refractivity contribution in [3.8, 4) is 0 Å². The van der Waals surface area contributed by atoms with Crippen molar-refractivity contribution in [2.45, 2.75) is 13.0 Å². The van der Waals surface area contributed by atoms with Crippen LogP contribution in [0.4, 0.5) is 23.7 Å². The Morgan fingerprint density at radius 1 is 1.09 bits per heavy atom. The van der Waals surface area contributed by atoms with E-state index < -0.39 is 24.1 Å². The van der Waals surface area contributed by atoms with Crippen LogP contribution in [0.3, 0.4) is 0 Å². The molecule has 1 aliphatic rings. The molecule has 2 aromatic carbocycles. The highest BCUT2D eigenvalue weighted by Gasteiger charge is 2.26. The van der Waals surface area contributed by atoms with Crippen LogP contribution in [0.5, 0.6) is 0 Å². The Bertz CT molecular complexity index is 1030. The normalized spacial score (nSPS) is 13.5. The van der Waals surface area contributed by atoms with Crippen LogP contribution in [-0.4, -0.2) is 55.5 Å². The van der Waals surface area contributed by atoms with Gasteiger partial charge in [0.1, 0.15) is 5.82 Å². The molecular formula is C21H20ClF3N4O4. The molecule has 33 heavy (non-hydrogen) atoms. The van der Waals surface area contributed by atoms with E-state index in [0.717, 1.165) is 6.07 Å². The van der Waals surface area contributed by atoms with E-state index in [-0.39, 0.29) is 23.7 Å². The molecule has 0 unspecified atom stereocenters. The fourth-order valence-corrected chi connectivity index (χ4v) is 3.26. The number of anilines is 1. The van der Waals surface area contributed by atoms with E-state index in [4.69, 9.17) is 16.3 Å². The van der Waals surface area contributed by atoms with Gasteiger partial charge in [-0.2, -0.15) is 8.78 Å². The van der Waals surface area contributed by atoms with Gasteiger partial charge in [0.05, 0.1) is 19.8 Å². The molecule has 2 N–H and O–H groups in total. The number of alkyl halides is 2. The highest BCUT2D eigenvalue weighted by Crippen LogP contribution is 2.24. The number of morpholine rings is 1. The maximum Gasteiger partial charge on any atom is 0.324 e. The number of nitrogens with one attached hydrogen (secondary N) is 2. The first kappa shape index (κ1) is 24.3. The molecule has 0 atom stereocenters. The van der Waals surface area contributed by atoms with Crippen LogP contribution in [0, 0.1) is 5.82 Å². The summed E-state index contributed by atoms with van der Waals surface area (Å²) in [6.45, 7) is 1.36. The standard InChI is InChI=1S/C21H20ClF3N4O4/c22-15-2-1-3-16(11-15)29(21(32)28-6-8-33-9-7-28)12-14-5-4-13(10-17(14)23)19(30)26-27-20(31)18(24)25/h1-5,10-11,18H,6-9,12H2,(H,26,30)(H,27,31). The second kappa shape index (κ2) is 11.0. The summed E-state index contributed by atoms with van der Waals surface area (Å²) in [5, 5.41) is 0.394. The number of hydrogen-bond donors (Lipinski definition) is 2. The molecule has 0 aliphatic carbocycles. The Morgan fingerprint density at radius 2 is 1.82 bits per heavy atom. The fourth-order valence-electron chi connectivity index (χ4n) is 3.07. The Balaban J connectivity index is 1.80. The first-order valence-electron chi connectivity index (χ1n) is 9.83. The van der Waals surface area contributed by atoms with Crippen LogP contribution in [0.2, 0.25) is 5.02 Å². The van der Waals surface area contributed by atoms with E-state index in [1.54, 1.807) is 34.6 Å². The van der Waals surface area contributed by atoms with Gasteiger partial charge in [-0.25, -0.2) is 9.18 Å². The monoisotopic (exact) mass is 484 g/mol. The minimum absolute atomic E-state index is 0.102. The van der Waals surface area contributed by atoms with Crippen molar-refractivity contribution < 1.29 is 32.3 Å². The number of carbonyl (C=O) groups is 3. The van der Waals surface area contributed by atoms with Gasteiger partial charge in [0.25, 0.3) is 5.91 Å². The molecule has 0 spiro atoms. The van der Waals surface area contributed by atoms with E-state index in [1.807, 2.05) is 0 Å². The zero-order valence-corrected chi connectivity index (χ0v) is 17.9. The first-order valence-corrected chi connectivity index (χ1v) is 10.2. The van der Waals surface area contributed by atoms with E-state index in [9.17, 15) is 27.6 Å². The van der Waals surface area contributed by atoms with E-state index in [1.165, 1.54) is 22.5 Å². The first-order chi connectivity index (χ1) is 15.8. The summed E-state index contributed by atoms with van der Waals surface area (Å²) >= 11 is 6.07. The van der Waals surface area contributed by atoms with Crippen molar-refractivity contribution in [1.82, 2.24) is 15.8 Å². The number of benzene rings is 2. The van der Waals surface area contributed by atoms with E-state index in [0.29, 0.717) is 37.0 Å². The molecule has 0 radical (unpaired) electrons. The Morgan fingerprint density at radius 3 is 2.45 bits per heavy atom.